The highest BCUT2D eigenvalue weighted by Gasteiger charge is 2.65. The summed E-state index contributed by atoms with van der Waals surface area (Å²) in [7, 11) is 0. The second-order valence-electron chi connectivity index (χ2n) is 4.89. The molecule has 0 amide bonds. The van der Waals surface area contributed by atoms with E-state index in [0.717, 1.165) is 23.5 Å². The molecule has 3 N–H and O–H groups in total. The topological polar surface area (TPSA) is 35.0 Å². The number of hydrogen-bond acceptors (Lipinski definition) is 1. The van der Waals surface area contributed by atoms with Crippen LogP contribution in [0.1, 0.15) is 5.56 Å². The molecule has 3 unspecified atom stereocenters. The van der Waals surface area contributed by atoms with Crippen LogP contribution < -0.4 is 6.15 Å². The van der Waals surface area contributed by atoms with E-state index in [2.05, 4.69) is 171 Å². The first-order chi connectivity index (χ1) is 10.9. The molecule has 11 heteroatoms. The van der Waals surface area contributed by atoms with Crippen LogP contribution in [-0.2, 0) is 4.32 Å². The van der Waals surface area contributed by atoms with Gasteiger partial charge in [0.25, 0.3) is 0 Å². The third kappa shape index (κ3) is 4.42. The normalized spacial score (nSPS) is 27.0. The van der Waals surface area contributed by atoms with E-state index in [0.29, 0.717) is 0 Å². The molecular formula is C14H9Br10N. The molecule has 0 heterocycles. The Labute approximate surface area is 231 Å². The fourth-order valence-corrected chi connectivity index (χ4v) is 11.7. The lowest BCUT2D eigenvalue weighted by Crippen LogP contribution is -2.57. The SMILES string of the molecule is BrC1=C(Br)C(Br)C(Br)(C(Br)(c2ccccc2)C(Br)(Br)Br)C(Br)=C1Br.N. The molecule has 1 aliphatic carbocycles. The molecule has 0 saturated heterocycles. The molecule has 2 rings (SSSR count). The van der Waals surface area contributed by atoms with E-state index >= 15 is 0 Å². The van der Waals surface area contributed by atoms with Crippen LogP contribution in [0, 0.1) is 0 Å². The lowest BCUT2D eigenvalue weighted by Gasteiger charge is -2.52. The largest absolute Gasteiger partial charge is 0.344 e. The van der Waals surface area contributed by atoms with E-state index in [1.807, 2.05) is 18.2 Å². The molecule has 1 aromatic rings. The predicted molar refractivity (Wildman–Crippen MR) is 146 cm³/mol. The summed E-state index contributed by atoms with van der Waals surface area (Å²) in [5, 5.41) is 0. The summed E-state index contributed by atoms with van der Waals surface area (Å²) in [6.07, 6.45) is 0. The number of hydrogen-bond donors (Lipinski definition) is 1. The van der Waals surface area contributed by atoms with Gasteiger partial charge in [-0.25, -0.2) is 0 Å². The smallest absolute Gasteiger partial charge is 0.155 e. The molecule has 0 fully saturated rings. The minimum absolute atomic E-state index is 0. The quantitative estimate of drug-likeness (QED) is 0.295. The summed E-state index contributed by atoms with van der Waals surface area (Å²) < 4.78 is 1.83. The van der Waals surface area contributed by atoms with Gasteiger partial charge in [0.1, 0.15) is 4.32 Å². The Morgan fingerprint density at radius 1 is 0.840 bits per heavy atom. The monoisotopic (exact) mass is 980 g/mol. The summed E-state index contributed by atoms with van der Waals surface area (Å²) in [4.78, 5) is -0.0957. The summed E-state index contributed by atoms with van der Waals surface area (Å²) in [6.45, 7) is 0. The van der Waals surface area contributed by atoms with Crippen molar-refractivity contribution in [3.8, 4) is 0 Å². The van der Waals surface area contributed by atoms with Crippen LogP contribution in [-0.4, -0.2) is 11.3 Å². The number of allylic oxidation sites excluding steroid dienone is 4. The molecule has 0 radical (unpaired) electrons. The van der Waals surface area contributed by atoms with Gasteiger partial charge in [0.2, 0.25) is 0 Å². The van der Waals surface area contributed by atoms with Crippen molar-refractivity contribution in [2.75, 3.05) is 0 Å². The van der Waals surface area contributed by atoms with Gasteiger partial charge in [-0.15, -0.1) is 0 Å². The Morgan fingerprint density at radius 3 is 1.76 bits per heavy atom. The molecule has 0 spiro atoms. The van der Waals surface area contributed by atoms with E-state index in [9.17, 15) is 0 Å². The van der Waals surface area contributed by atoms with Gasteiger partial charge in [-0.05, 0) is 37.4 Å². The third-order valence-corrected chi connectivity index (χ3v) is 18.6. The Hall–Kier alpha value is 3.46. The molecule has 1 nitrogen and oxygen atoms in total. The van der Waals surface area contributed by atoms with E-state index < -0.39 is 10.8 Å². The summed E-state index contributed by atoms with van der Waals surface area (Å²) in [6, 6.07) is 10.2. The van der Waals surface area contributed by atoms with Crippen molar-refractivity contribution in [3.63, 3.8) is 0 Å². The van der Waals surface area contributed by atoms with Crippen LogP contribution in [0.2, 0.25) is 0 Å². The summed E-state index contributed by atoms with van der Waals surface area (Å²) in [5.41, 5.74) is 1.06. The second-order valence-corrected chi connectivity index (χ2v) is 18.2. The highest BCUT2D eigenvalue weighted by molar-refractivity contribution is 9.40. The fraction of sp³-hybridized carbons (Fsp3) is 0.286. The van der Waals surface area contributed by atoms with Gasteiger partial charge >= 0.3 is 0 Å². The first-order valence-electron chi connectivity index (χ1n) is 6.16. The van der Waals surface area contributed by atoms with Crippen LogP contribution in [0.25, 0.3) is 0 Å². The fourth-order valence-electron chi connectivity index (χ4n) is 2.33. The zero-order valence-electron chi connectivity index (χ0n) is 12.0. The molecule has 0 aromatic heterocycles. The number of rotatable bonds is 2. The van der Waals surface area contributed by atoms with Gasteiger partial charge in [-0.1, -0.05) is 158 Å². The minimum atomic E-state index is -0.666. The van der Waals surface area contributed by atoms with Crippen LogP contribution in [0.15, 0.2) is 48.3 Å². The predicted octanol–water partition coefficient (Wildman–Crippen LogP) is 10.2. The zero-order chi connectivity index (χ0) is 18.5. The standard InChI is InChI=1S/C14H6Br10.H3N/c15-7-8(16)10(18)12(20,11(19)9(7)17)13(21,14(22,23)24)6-4-2-1-3-5-6;/h1-5,10H;1H3. The minimum Gasteiger partial charge on any atom is -0.344 e. The lowest BCUT2D eigenvalue weighted by molar-refractivity contribution is 0.557. The average Bonchev–Trinajstić information content (AvgIpc) is 2.55. The van der Waals surface area contributed by atoms with E-state index in [4.69, 9.17) is 0 Å². The molecule has 3 atom stereocenters. The Bertz CT molecular complexity index is 710. The van der Waals surface area contributed by atoms with Crippen molar-refractivity contribution in [3.05, 3.63) is 53.8 Å². The highest BCUT2D eigenvalue weighted by atomic mass is 80.0. The Morgan fingerprint density at radius 2 is 1.32 bits per heavy atom. The Balaban J connectivity index is 0.00000312. The van der Waals surface area contributed by atoms with Crippen LogP contribution in [0.5, 0.6) is 0 Å². The van der Waals surface area contributed by atoms with Gasteiger partial charge in [0.15, 0.2) is 2.14 Å². The van der Waals surface area contributed by atoms with Gasteiger partial charge < -0.3 is 6.15 Å². The van der Waals surface area contributed by atoms with Crippen LogP contribution in [0.4, 0.5) is 0 Å². The number of alkyl halides is 6. The molecule has 140 valence electrons. The van der Waals surface area contributed by atoms with Gasteiger partial charge in [0, 0.05) is 17.9 Å². The maximum atomic E-state index is 4.03. The molecule has 0 saturated carbocycles. The van der Waals surface area contributed by atoms with Gasteiger partial charge in [-0.3, -0.25) is 0 Å². The zero-order valence-corrected chi connectivity index (χ0v) is 27.8. The van der Waals surface area contributed by atoms with Crippen molar-refractivity contribution in [1.29, 1.82) is 0 Å². The van der Waals surface area contributed by atoms with E-state index in [1.54, 1.807) is 0 Å². The molecule has 0 bridgehead atoms. The first-order valence-corrected chi connectivity index (χ1v) is 14.2. The summed E-state index contributed by atoms with van der Waals surface area (Å²) >= 11 is 37.9. The molecule has 0 aliphatic heterocycles. The molecule has 1 aliphatic rings. The number of benzene rings is 1. The Kier molecular flexibility index (Phi) is 10.3. The average molecular weight is 990 g/mol. The van der Waals surface area contributed by atoms with Crippen molar-refractivity contribution in [2.45, 2.75) is 15.6 Å². The van der Waals surface area contributed by atoms with Gasteiger partial charge in [-0.2, -0.15) is 0 Å². The highest BCUT2D eigenvalue weighted by Crippen LogP contribution is 2.70. The van der Waals surface area contributed by atoms with E-state index in [1.165, 1.54) is 0 Å². The van der Waals surface area contributed by atoms with Gasteiger partial charge in [0.05, 0.1) is 9.15 Å². The third-order valence-electron chi connectivity index (χ3n) is 3.55. The van der Waals surface area contributed by atoms with Crippen LogP contribution >= 0.6 is 159 Å². The summed E-state index contributed by atoms with van der Waals surface area (Å²) in [5.74, 6) is 0. The van der Waals surface area contributed by atoms with Crippen molar-refractivity contribution in [2.24, 2.45) is 0 Å². The molecular weight excluding hydrogens is 981 g/mol. The van der Waals surface area contributed by atoms with Crippen LogP contribution in [0.3, 0.4) is 0 Å². The molecule has 25 heavy (non-hydrogen) atoms. The van der Waals surface area contributed by atoms with Crippen molar-refractivity contribution < 1.29 is 0 Å². The number of halogens is 10. The second kappa shape index (κ2) is 9.73. The molecule has 1 aromatic carbocycles. The first kappa shape index (κ1) is 26.5. The lowest BCUT2D eigenvalue weighted by atomic mass is 9.82. The maximum Gasteiger partial charge on any atom is 0.155 e. The van der Waals surface area contributed by atoms with Crippen molar-refractivity contribution in [1.82, 2.24) is 6.15 Å². The maximum absolute atomic E-state index is 4.03. The van der Waals surface area contributed by atoms with Crippen molar-refractivity contribution >= 4 is 159 Å². The van der Waals surface area contributed by atoms with E-state index in [-0.39, 0.29) is 11.0 Å².